The Labute approximate surface area is 221 Å². The highest BCUT2D eigenvalue weighted by atomic mass is 19.1. The van der Waals surface area contributed by atoms with Gasteiger partial charge < -0.3 is 15.5 Å². The quantitative estimate of drug-likeness (QED) is 0.251. The van der Waals surface area contributed by atoms with E-state index in [1.165, 1.54) is 55.6 Å². The monoisotopic (exact) mass is 511 g/mol. The van der Waals surface area contributed by atoms with Gasteiger partial charge in [0.25, 0.3) is 0 Å². The molecule has 0 bridgehead atoms. The van der Waals surface area contributed by atoms with Crippen molar-refractivity contribution in [1.29, 1.82) is 0 Å². The largest absolute Gasteiger partial charge is 0.345 e. The number of aryl methyl sites for hydroxylation is 1. The van der Waals surface area contributed by atoms with E-state index in [9.17, 15) is 18.8 Å². The van der Waals surface area contributed by atoms with Gasteiger partial charge in [0.2, 0.25) is 17.7 Å². The number of carbonyl (C=O) groups is 3. The maximum Gasteiger partial charge on any atom is 0.243 e. The van der Waals surface area contributed by atoms with E-state index in [4.69, 9.17) is 0 Å². The summed E-state index contributed by atoms with van der Waals surface area (Å²) in [5, 5.41) is 5.33. The fraction of sp³-hybridized carbons (Fsp3) is 0.500. The van der Waals surface area contributed by atoms with E-state index < -0.39 is 5.91 Å². The van der Waals surface area contributed by atoms with Crippen LogP contribution in [0, 0.1) is 12.7 Å². The number of halogens is 1. The normalized spacial score (nSPS) is 10.7. The average Bonchev–Trinajstić information content (AvgIpc) is 2.88. The highest BCUT2D eigenvalue weighted by Crippen LogP contribution is 2.13. The summed E-state index contributed by atoms with van der Waals surface area (Å²) in [4.78, 5) is 39.2. The highest BCUT2D eigenvalue weighted by molar-refractivity contribution is 5.95. The van der Waals surface area contributed by atoms with Crippen molar-refractivity contribution in [3.05, 3.63) is 65.5 Å². The first-order valence-corrected chi connectivity index (χ1v) is 13.5. The van der Waals surface area contributed by atoms with Gasteiger partial charge in [-0.1, -0.05) is 88.1 Å². The van der Waals surface area contributed by atoms with Crippen molar-refractivity contribution in [2.75, 3.05) is 18.4 Å². The van der Waals surface area contributed by atoms with Crippen LogP contribution in [0.25, 0.3) is 0 Å². The molecule has 0 atom stereocenters. The van der Waals surface area contributed by atoms with Crippen molar-refractivity contribution in [3.63, 3.8) is 0 Å². The zero-order valence-corrected chi connectivity index (χ0v) is 22.4. The summed E-state index contributed by atoms with van der Waals surface area (Å²) in [6.07, 6.45) is 10.8. The summed E-state index contributed by atoms with van der Waals surface area (Å²) >= 11 is 0. The van der Waals surface area contributed by atoms with E-state index in [1.54, 1.807) is 24.3 Å². The zero-order valence-electron chi connectivity index (χ0n) is 22.4. The number of hydrogen-bond acceptors (Lipinski definition) is 3. The minimum absolute atomic E-state index is 0.119. The summed E-state index contributed by atoms with van der Waals surface area (Å²) in [5.41, 5.74) is 2.48. The Morgan fingerprint density at radius 1 is 0.784 bits per heavy atom. The lowest BCUT2D eigenvalue weighted by molar-refractivity contribution is -0.137. The summed E-state index contributed by atoms with van der Waals surface area (Å²) < 4.78 is 13.3. The van der Waals surface area contributed by atoms with Crippen LogP contribution < -0.4 is 10.6 Å². The average molecular weight is 512 g/mol. The van der Waals surface area contributed by atoms with Gasteiger partial charge in [-0.2, -0.15) is 0 Å². The third-order valence-corrected chi connectivity index (χ3v) is 6.25. The van der Waals surface area contributed by atoms with Crippen LogP contribution in [0.5, 0.6) is 0 Å². The standard InChI is InChI=1S/C30H42FN3O3/c1-3-4-5-6-7-8-9-10-11-12-30(37)34(22-25-15-17-26(31)18-16-25)23-29(36)32-21-28(35)33-27-19-13-24(2)14-20-27/h13-20H,3-12,21-23H2,1-2H3,(H,32,36)(H,33,35). The summed E-state index contributed by atoms with van der Waals surface area (Å²) in [6.45, 7) is 4.03. The van der Waals surface area contributed by atoms with Crippen LogP contribution in [-0.4, -0.2) is 35.7 Å². The second-order valence-corrected chi connectivity index (χ2v) is 9.65. The summed E-state index contributed by atoms with van der Waals surface area (Å²) in [7, 11) is 0. The van der Waals surface area contributed by atoms with Crippen molar-refractivity contribution in [1.82, 2.24) is 10.2 Å². The first kappa shape index (κ1) is 30.0. The van der Waals surface area contributed by atoms with E-state index in [-0.39, 0.29) is 37.3 Å². The van der Waals surface area contributed by atoms with Gasteiger partial charge in [-0.3, -0.25) is 14.4 Å². The first-order chi connectivity index (χ1) is 17.9. The molecule has 0 spiro atoms. The number of anilines is 1. The molecule has 0 aliphatic heterocycles. The van der Waals surface area contributed by atoms with Gasteiger partial charge in [-0.15, -0.1) is 0 Å². The number of carbonyl (C=O) groups excluding carboxylic acids is 3. The molecule has 0 aliphatic rings. The topological polar surface area (TPSA) is 78.5 Å². The Kier molecular flexibility index (Phi) is 14.0. The van der Waals surface area contributed by atoms with Gasteiger partial charge in [0.15, 0.2) is 0 Å². The van der Waals surface area contributed by atoms with Gasteiger partial charge >= 0.3 is 0 Å². The third-order valence-electron chi connectivity index (χ3n) is 6.25. The molecule has 2 rings (SSSR count). The van der Waals surface area contributed by atoms with Crippen LogP contribution in [0.2, 0.25) is 0 Å². The second kappa shape index (κ2) is 17.3. The van der Waals surface area contributed by atoms with Crippen molar-refractivity contribution < 1.29 is 18.8 Å². The smallest absolute Gasteiger partial charge is 0.243 e. The van der Waals surface area contributed by atoms with Crippen molar-refractivity contribution in [2.24, 2.45) is 0 Å². The summed E-state index contributed by atoms with van der Waals surface area (Å²) in [6, 6.07) is 13.3. The zero-order chi connectivity index (χ0) is 26.9. The number of benzene rings is 2. The minimum Gasteiger partial charge on any atom is -0.345 e. The van der Waals surface area contributed by atoms with Crippen LogP contribution in [0.1, 0.15) is 82.3 Å². The molecule has 202 valence electrons. The Hall–Kier alpha value is -3.22. The predicted molar refractivity (Wildman–Crippen MR) is 146 cm³/mol. The lowest BCUT2D eigenvalue weighted by atomic mass is 10.1. The molecular formula is C30H42FN3O3. The van der Waals surface area contributed by atoms with Gasteiger partial charge in [0, 0.05) is 18.7 Å². The molecule has 0 aliphatic carbocycles. The molecule has 0 aromatic heterocycles. The highest BCUT2D eigenvalue weighted by Gasteiger charge is 2.18. The number of nitrogens with zero attached hydrogens (tertiary/aromatic N) is 1. The lowest BCUT2D eigenvalue weighted by Gasteiger charge is -2.22. The minimum atomic E-state index is -0.415. The van der Waals surface area contributed by atoms with Crippen LogP contribution in [0.15, 0.2) is 48.5 Å². The van der Waals surface area contributed by atoms with Crippen LogP contribution in [0.4, 0.5) is 10.1 Å². The molecule has 0 fully saturated rings. The van der Waals surface area contributed by atoms with E-state index >= 15 is 0 Å². The molecule has 37 heavy (non-hydrogen) atoms. The molecule has 6 nitrogen and oxygen atoms in total. The van der Waals surface area contributed by atoms with E-state index in [0.29, 0.717) is 12.1 Å². The lowest BCUT2D eigenvalue weighted by Crippen LogP contribution is -2.42. The van der Waals surface area contributed by atoms with Gasteiger partial charge in [0.05, 0.1) is 13.1 Å². The maximum atomic E-state index is 13.3. The number of unbranched alkanes of at least 4 members (excludes halogenated alkanes) is 8. The number of hydrogen-bond donors (Lipinski definition) is 2. The van der Waals surface area contributed by atoms with Crippen LogP contribution in [0.3, 0.4) is 0 Å². The van der Waals surface area contributed by atoms with Crippen LogP contribution >= 0.6 is 0 Å². The predicted octanol–water partition coefficient (Wildman–Crippen LogP) is 6.14. The molecule has 0 unspecified atom stereocenters. The first-order valence-electron chi connectivity index (χ1n) is 13.5. The summed E-state index contributed by atoms with van der Waals surface area (Å²) in [5.74, 6) is -1.23. The van der Waals surface area contributed by atoms with Gasteiger partial charge in [-0.25, -0.2) is 4.39 Å². The molecule has 2 aromatic rings. The third kappa shape index (κ3) is 13.1. The van der Waals surface area contributed by atoms with E-state index in [2.05, 4.69) is 17.6 Å². The molecule has 0 saturated heterocycles. The fourth-order valence-corrected chi connectivity index (χ4v) is 4.04. The van der Waals surface area contributed by atoms with Crippen LogP contribution in [-0.2, 0) is 20.9 Å². The molecule has 0 saturated carbocycles. The fourth-order valence-electron chi connectivity index (χ4n) is 4.04. The molecule has 7 heteroatoms. The van der Waals surface area contributed by atoms with Crippen molar-refractivity contribution in [2.45, 2.75) is 84.6 Å². The van der Waals surface area contributed by atoms with Gasteiger partial charge in [0.1, 0.15) is 5.82 Å². The molecule has 2 aromatic carbocycles. The molecule has 0 heterocycles. The Morgan fingerprint density at radius 3 is 2.00 bits per heavy atom. The SMILES string of the molecule is CCCCCCCCCCCC(=O)N(CC(=O)NCC(=O)Nc1ccc(C)cc1)Cc1ccc(F)cc1. The van der Waals surface area contributed by atoms with Crippen molar-refractivity contribution in [3.8, 4) is 0 Å². The van der Waals surface area contributed by atoms with Gasteiger partial charge in [-0.05, 0) is 43.2 Å². The Balaban J connectivity index is 1.81. The Bertz CT molecular complexity index is 961. The molecular weight excluding hydrogens is 469 g/mol. The molecule has 2 N–H and O–H groups in total. The Morgan fingerprint density at radius 2 is 1.38 bits per heavy atom. The number of rotatable bonds is 17. The molecule has 0 radical (unpaired) electrons. The van der Waals surface area contributed by atoms with E-state index in [1.807, 2.05) is 19.1 Å². The number of nitrogens with one attached hydrogen (secondary N) is 2. The second-order valence-electron chi connectivity index (χ2n) is 9.65. The van der Waals surface area contributed by atoms with E-state index in [0.717, 1.165) is 30.4 Å². The maximum absolute atomic E-state index is 13.3. The van der Waals surface area contributed by atoms with Crippen molar-refractivity contribution >= 4 is 23.4 Å². The number of amides is 3. The molecule has 3 amide bonds.